The van der Waals surface area contributed by atoms with Crippen molar-refractivity contribution < 1.29 is 9.47 Å². The van der Waals surface area contributed by atoms with Gasteiger partial charge in [-0.05, 0) is 36.9 Å². The molecule has 0 aromatic heterocycles. The first-order valence-corrected chi connectivity index (χ1v) is 7.24. The monoisotopic (exact) mass is 261 g/mol. The van der Waals surface area contributed by atoms with Crippen molar-refractivity contribution in [2.75, 3.05) is 33.9 Å². The Morgan fingerprint density at radius 3 is 2.74 bits per heavy atom. The number of likely N-dealkylation sites (tertiary alicyclic amines) is 1. The lowest BCUT2D eigenvalue weighted by Crippen LogP contribution is -2.20. The zero-order valence-electron chi connectivity index (χ0n) is 12.1. The minimum absolute atomic E-state index is 0.684. The standard InChI is InChI=1S/C16H23NO2/c1-4-17-9-11-5-6-13-12(14(11)10-17)7-8-15(18-2)16(13)19-3/h7-8,11,14H,4-6,9-10H2,1-3H3. The van der Waals surface area contributed by atoms with Crippen molar-refractivity contribution in [2.45, 2.75) is 25.7 Å². The fourth-order valence-electron chi connectivity index (χ4n) is 3.80. The molecule has 2 atom stereocenters. The third-order valence-electron chi connectivity index (χ3n) is 4.81. The summed E-state index contributed by atoms with van der Waals surface area (Å²) in [5, 5.41) is 0. The highest BCUT2D eigenvalue weighted by molar-refractivity contribution is 5.53. The van der Waals surface area contributed by atoms with Crippen LogP contribution in [0.25, 0.3) is 0 Å². The zero-order valence-corrected chi connectivity index (χ0v) is 12.1. The second-order valence-corrected chi connectivity index (χ2v) is 5.63. The van der Waals surface area contributed by atoms with Crippen LogP contribution >= 0.6 is 0 Å². The van der Waals surface area contributed by atoms with Gasteiger partial charge in [0.15, 0.2) is 11.5 Å². The van der Waals surface area contributed by atoms with Crippen LogP contribution in [0.1, 0.15) is 30.4 Å². The SMILES string of the molecule is CCN1CC2CCc3c(ccc(OC)c3OC)C2C1. The number of fused-ring (bicyclic) bond motifs is 3. The maximum atomic E-state index is 5.60. The average molecular weight is 261 g/mol. The molecule has 1 aliphatic carbocycles. The summed E-state index contributed by atoms with van der Waals surface area (Å²) < 4.78 is 11.0. The van der Waals surface area contributed by atoms with Gasteiger partial charge in [0.05, 0.1) is 14.2 Å². The van der Waals surface area contributed by atoms with Crippen molar-refractivity contribution in [3.63, 3.8) is 0 Å². The van der Waals surface area contributed by atoms with Gasteiger partial charge in [0, 0.05) is 24.6 Å². The summed E-state index contributed by atoms with van der Waals surface area (Å²) in [6, 6.07) is 4.32. The highest BCUT2D eigenvalue weighted by atomic mass is 16.5. The molecular formula is C16H23NO2. The fourth-order valence-corrected chi connectivity index (χ4v) is 3.80. The number of rotatable bonds is 3. The number of ether oxygens (including phenoxy) is 2. The van der Waals surface area contributed by atoms with Crippen molar-refractivity contribution >= 4 is 0 Å². The third-order valence-corrected chi connectivity index (χ3v) is 4.81. The Balaban J connectivity index is 2.00. The molecule has 19 heavy (non-hydrogen) atoms. The van der Waals surface area contributed by atoms with Gasteiger partial charge in [-0.15, -0.1) is 0 Å². The minimum Gasteiger partial charge on any atom is -0.493 e. The Morgan fingerprint density at radius 2 is 2.05 bits per heavy atom. The van der Waals surface area contributed by atoms with Gasteiger partial charge < -0.3 is 14.4 Å². The normalized spacial score (nSPS) is 25.8. The van der Waals surface area contributed by atoms with Crippen molar-refractivity contribution in [1.82, 2.24) is 4.90 Å². The van der Waals surface area contributed by atoms with Gasteiger partial charge in [0.2, 0.25) is 0 Å². The summed E-state index contributed by atoms with van der Waals surface area (Å²) in [6.07, 6.45) is 2.39. The summed E-state index contributed by atoms with van der Waals surface area (Å²) in [5.41, 5.74) is 2.87. The smallest absolute Gasteiger partial charge is 0.164 e. The van der Waals surface area contributed by atoms with Gasteiger partial charge in [0.1, 0.15) is 0 Å². The van der Waals surface area contributed by atoms with Crippen LogP contribution in [0.15, 0.2) is 12.1 Å². The van der Waals surface area contributed by atoms with Gasteiger partial charge >= 0.3 is 0 Å². The van der Waals surface area contributed by atoms with E-state index in [1.807, 2.05) is 0 Å². The topological polar surface area (TPSA) is 21.7 Å². The predicted octanol–water partition coefficient (Wildman–Crippen LogP) is 2.69. The molecule has 0 radical (unpaired) electrons. The number of likely N-dealkylation sites (N-methyl/N-ethyl adjacent to an activating group) is 1. The summed E-state index contributed by atoms with van der Waals surface area (Å²) in [7, 11) is 3.46. The summed E-state index contributed by atoms with van der Waals surface area (Å²) >= 11 is 0. The van der Waals surface area contributed by atoms with Crippen LogP contribution in [0.2, 0.25) is 0 Å². The van der Waals surface area contributed by atoms with E-state index >= 15 is 0 Å². The quantitative estimate of drug-likeness (QED) is 0.835. The molecule has 0 amide bonds. The molecule has 104 valence electrons. The molecule has 1 aromatic carbocycles. The van der Waals surface area contributed by atoms with Crippen LogP contribution in [-0.4, -0.2) is 38.8 Å². The second kappa shape index (κ2) is 5.04. The average Bonchev–Trinajstić information content (AvgIpc) is 2.89. The lowest BCUT2D eigenvalue weighted by atomic mass is 9.76. The first kappa shape index (κ1) is 12.8. The Morgan fingerprint density at radius 1 is 1.21 bits per heavy atom. The molecule has 2 unspecified atom stereocenters. The molecule has 0 saturated carbocycles. The first-order valence-electron chi connectivity index (χ1n) is 7.24. The highest BCUT2D eigenvalue weighted by Gasteiger charge is 2.38. The number of hydrogen-bond acceptors (Lipinski definition) is 3. The molecule has 0 N–H and O–H groups in total. The summed E-state index contributed by atoms with van der Waals surface area (Å²) in [6.45, 7) is 5.88. The molecular weight excluding hydrogens is 238 g/mol. The van der Waals surface area contributed by atoms with E-state index in [2.05, 4.69) is 24.0 Å². The van der Waals surface area contributed by atoms with Crippen molar-refractivity contribution in [3.05, 3.63) is 23.3 Å². The van der Waals surface area contributed by atoms with E-state index in [4.69, 9.17) is 9.47 Å². The lowest BCUT2D eigenvalue weighted by Gasteiger charge is -2.29. The maximum Gasteiger partial charge on any atom is 0.164 e. The Labute approximate surface area is 115 Å². The molecule has 1 aliphatic heterocycles. The number of nitrogens with zero attached hydrogens (tertiary/aromatic N) is 1. The highest BCUT2D eigenvalue weighted by Crippen LogP contribution is 2.46. The molecule has 3 nitrogen and oxygen atoms in total. The molecule has 1 aromatic rings. The number of hydrogen-bond donors (Lipinski definition) is 0. The summed E-state index contributed by atoms with van der Waals surface area (Å²) in [5.74, 6) is 3.33. The Hall–Kier alpha value is -1.22. The van der Waals surface area contributed by atoms with Crippen molar-refractivity contribution in [3.8, 4) is 11.5 Å². The molecule has 0 bridgehead atoms. The zero-order chi connectivity index (χ0) is 13.4. The fraction of sp³-hybridized carbons (Fsp3) is 0.625. The van der Waals surface area contributed by atoms with Crippen LogP contribution in [0.3, 0.4) is 0 Å². The molecule has 1 saturated heterocycles. The van der Waals surface area contributed by atoms with E-state index in [1.54, 1.807) is 14.2 Å². The summed E-state index contributed by atoms with van der Waals surface area (Å²) in [4.78, 5) is 2.57. The van der Waals surface area contributed by atoms with Crippen LogP contribution in [0.4, 0.5) is 0 Å². The molecule has 1 fully saturated rings. The molecule has 0 spiro atoms. The van der Waals surface area contributed by atoms with Gasteiger partial charge in [-0.2, -0.15) is 0 Å². The van der Waals surface area contributed by atoms with Gasteiger partial charge in [-0.3, -0.25) is 0 Å². The molecule has 3 heteroatoms. The molecule has 1 heterocycles. The van der Waals surface area contributed by atoms with E-state index in [9.17, 15) is 0 Å². The first-order chi connectivity index (χ1) is 9.28. The van der Waals surface area contributed by atoms with Gasteiger partial charge in [-0.1, -0.05) is 13.0 Å². The Bertz CT molecular complexity index is 472. The van der Waals surface area contributed by atoms with Crippen molar-refractivity contribution in [2.24, 2.45) is 5.92 Å². The van der Waals surface area contributed by atoms with E-state index < -0.39 is 0 Å². The van der Waals surface area contributed by atoms with E-state index in [1.165, 1.54) is 30.6 Å². The second-order valence-electron chi connectivity index (χ2n) is 5.63. The third kappa shape index (κ3) is 2.00. The van der Waals surface area contributed by atoms with Crippen LogP contribution in [-0.2, 0) is 6.42 Å². The van der Waals surface area contributed by atoms with E-state index in [-0.39, 0.29) is 0 Å². The van der Waals surface area contributed by atoms with Crippen molar-refractivity contribution in [1.29, 1.82) is 0 Å². The predicted molar refractivity (Wildman–Crippen MR) is 76.2 cm³/mol. The molecule has 2 aliphatic rings. The van der Waals surface area contributed by atoms with Gasteiger partial charge in [0.25, 0.3) is 0 Å². The van der Waals surface area contributed by atoms with Crippen LogP contribution in [0.5, 0.6) is 11.5 Å². The maximum absolute atomic E-state index is 5.60. The van der Waals surface area contributed by atoms with E-state index in [0.29, 0.717) is 5.92 Å². The Kier molecular flexibility index (Phi) is 3.40. The number of benzene rings is 1. The van der Waals surface area contributed by atoms with E-state index in [0.717, 1.165) is 30.4 Å². The largest absolute Gasteiger partial charge is 0.493 e. The molecule has 3 rings (SSSR count). The minimum atomic E-state index is 0.684. The number of methoxy groups -OCH3 is 2. The van der Waals surface area contributed by atoms with Crippen LogP contribution in [0, 0.1) is 5.92 Å². The van der Waals surface area contributed by atoms with Crippen LogP contribution < -0.4 is 9.47 Å². The van der Waals surface area contributed by atoms with Gasteiger partial charge in [-0.25, -0.2) is 0 Å². The lowest BCUT2D eigenvalue weighted by molar-refractivity contribution is 0.335.